The first-order valence-electron chi connectivity index (χ1n) is 15.7. The molecule has 1 aromatic carbocycles. The van der Waals surface area contributed by atoms with Gasteiger partial charge in [-0.3, -0.25) is 9.59 Å². The molecule has 1 aromatic rings. The van der Waals surface area contributed by atoms with Crippen molar-refractivity contribution in [1.29, 1.82) is 0 Å². The van der Waals surface area contributed by atoms with Crippen molar-refractivity contribution in [2.45, 2.75) is 102 Å². The molecule has 0 aliphatic carbocycles. The molecule has 4 atom stereocenters. The Morgan fingerprint density at radius 3 is 2.26 bits per heavy atom. The minimum absolute atomic E-state index is 0.0806. The number of carbonyl (C=O) groups excluding carboxylic acids is 4. The Morgan fingerprint density at radius 2 is 1.74 bits per heavy atom. The van der Waals surface area contributed by atoms with E-state index in [0.29, 0.717) is 38.9 Å². The van der Waals surface area contributed by atoms with E-state index in [1.54, 1.807) is 30.6 Å². The molecular formula is C31H48N5O9S-. The standard InChI is InChI=1S/C31H49N5O9S/c1-20(2)17-24(27(38)33-25(28(39)46(42,43)44)18-22-11-14-32-26(22)37)34-29(40)36(19-21-9-7-6-8-10-21)23-12-15-35(16-13-23)30(41)45-31(3,4)5/h6-10,20,22-25,28,39H,11-19H2,1-5H3,(H,32,37)(H,33,38)(H,34,40)(H,42,43,44)/p-1/t22-,24-,25-,28?/m0/s1. The maximum absolute atomic E-state index is 13.9. The van der Waals surface area contributed by atoms with Crippen molar-refractivity contribution < 1.29 is 42.0 Å². The van der Waals surface area contributed by atoms with Gasteiger partial charge in [-0.1, -0.05) is 44.2 Å². The van der Waals surface area contributed by atoms with Gasteiger partial charge in [-0.2, -0.15) is 0 Å². The number of benzene rings is 1. The van der Waals surface area contributed by atoms with Crippen molar-refractivity contribution in [2.75, 3.05) is 19.6 Å². The van der Waals surface area contributed by atoms with Crippen LogP contribution in [0, 0.1) is 11.8 Å². The normalized spacial score (nSPS) is 19.6. The van der Waals surface area contributed by atoms with Crippen molar-refractivity contribution in [2.24, 2.45) is 11.8 Å². The molecule has 0 spiro atoms. The van der Waals surface area contributed by atoms with Gasteiger partial charge in [-0.15, -0.1) is 0 Å². The van der Waals surface area contributed by atoms with Crippen LogP contribution >= 0.6 is 0 Å². The Labute approximate surface area is 271 Å². The van der Waals surface area contributed by atoms with Gasteiger partial charge in [-0.05, 0) is 64.4 Å². The van der Waals surface area contributed by atoms with Crippen LogP contribution in [-0.4, -0.2) is 101 Å². The zero-order chi connectivity index (χ0) is 34.2. The number of nitrogens with zero attached hydrogens (tertiary/aromatic N) is 2. The molecule has 0 saturated carbocycles. The van der Waals surface area contributed by atoms with Gasteiger partial charge in [0.05, 0.1) is 6.04 Å². The zero-order valence-corrected chi connectivity index (χ0v) is 28.0. The second-order valence-corrected chi connectivity index (χ2v) is 14.9. The van der Waals surface area contributed by atoms with Crippen LogP contribution in [0.3, 0.4) is 0 Å². The summed E-state index contributed by atoms with van der Waals surface area (Å²) in [6.45, 7) is 10.4. The summed E-state index contributed by atoms with van der Waals surface area (Å²) in [6, 6.07) is 5.80. The fourth-order valence-electron chi connectivity index (χ4n) is 5.68. The van der Waals surface area contributed by atoms with Gasteiger partial charge in [0.1, 0.15) is 21.8 Å². The monoisotopic (exact) mass is 666 g/mol. The van der Waals surface area contributed by atoms with Crippen LogP contribution in [0.25, 0.3) is 0 Å². The number of likely N-dealkylation sites (tertiary alicyclic amines) is 1. The maximum Gasteiger partial charge on any atom is 0.410 e. The number of hydrogen-bond donors (Lipinski definition) is 4. The number of amides is 5. The van der Waals surface area contributed by atoms with E-state index in [-0.39, 0.29) is 37.3 Å². The fraction of sp³-hybridized carbons (Fsp3) is 0.677. The summed E-state index contributed by atoms with van der Waals surface area (Å²) in [6.07, 6.45) is 0.776. The van der Waals surface area contributed by atoms with Gasteiger partial charge in [-0.25, -0.2) is 18.0 Å². The van der Waals surface area contributed by atoms with E-state index in [4.69, 9.17) is 4.74 Å². The first-order chi connectivity index (χ1) is 21.4. The van der Waals surface area contributed by atoms with E-state index in [9.17, 15) is 37.3 Å². The summed E-state index contributed by atoms with van der Waals surface area (Å²) in [5, 5.41) is 18.2. The molecular weight excluding hydrogens is 618 g/mol. The third-order valence-corrected chi connectivity index (χ3v) is 8.92. The lowest BCUT2D eigenvalue weighted by atomic mass is 9.97. The molecule has 4 N–H and O–H groups in total. The van der Waals surface area contributed by atoms with Crippen LogP contribution in [0.2, 0.25) is 0 Å². The SMILES string of the molecule is CC(C)C[C@H](NC(=O)N(Cc1ccccc1)C1CCN(C(=O)OC(C)(C)C)CC1)C(=O)N[C@@H](C[C@@H]1CCNC1=O)C(O)S(=O)(=O)[O-]. The van der Waals surface area contributed by atoms with Gasteiger partial charge in [0.25, 0.3) is 0 Å². The number of urea groups is 1. The number of hydrogen-bond acceptors (Lipinski definition) is 9. The summed E-state index contributed by atoms with van der Waals surface area (Å²) >= 11 is 0. The van der Waals surface area contributed by atoms with Gasteiger partial charge < -0.3 is 40.1 Å². The van der Waals surface area contributed by atoms with Crippen LogP contribution in [-0.2, 0) is 31.0 Å². The van der Waals surface area contributed by atoms with E-state index < -0.39 is 57.2 Å². The molecule has 0 radical (unpaired) electrons. The van der Waals surface area contributed by atoms with Crippen LogP contribution in [0.1, 0.15) is 72.3 Å². The topological polar surface area (TPSA) is 198 Å². The predicted octanol–water partition coefficient (Wildman–Crippen LogP) is 1.89. The van der Waals surface area contributed by atoms with E-state index >= 15 is 0 Å². The fourth-order valence-corrected chi connectivity index (χ4v) is 6.26. The van der Waals surface area contributed by atoms with E-state index in [2.05, 4.69) is 16.0 Å². The van der Waals surface area contributed by atoms with E-state index in [1.807, 2.05) is 44.2 Å². The van der Waals surface area contributed by atoms with E-state index in [1.165, 1.54) is 0 Å². The molecule has 2 saturated heterocycles. The molecule has 2 heterocycles. The quantitative estimate of drug-likeness (QED) is 0.241. The van der Waals surface area contributed by atoms with Crippen LogP contribution in [0.15, 0.2) is 30.3 Å². The van der Waals surface area contributed by atoms with Crippen molar-refractivity contribution in [3.05, 3.63) is 35.9 Å². The molecule has 3 rings (SSSR count). The molecule has 15 heteroatoms. The van der Waals surface area contributed by atoms with E-state index in [0.717, 1.165) is 5.56 Å². The Balaban J connectivity index is 1.79. The molecule has 46 heavy (non-hydrogen) atoms. The van der Waals surface area contributed by atoms with Crippen molar-refractivity contribution in [3.8, 4) is 0 Å². The number of piperidine rings is 1. The number of aliphatic hydroxyl groups is 1. The van der Waals surface area contributed by atoms with Crippen LogP contribution < -0.4 is 16.0 Å². The number of ether oxygens (including phenoxy) is 1. The van der Waals surface area contributed by atoms with Gasteiger partial charge in [0.2, 0.25) is 11.8 Å². The van der Waals surface area contributed by atoms with Crippen LogP contribution in [0.5, 0.6) is 0 Å². The summed E-state index contributed by atoms with van der Waals surface area (Å²) in [5.74, 6) is -1.93. The second-order valence-electron chi connectivity index (χ2n) is 13.5. The largest absolute Gasteiger partial charge is 0.746 e. The average Bonchev–Trinajstić information content (AvgIpc) is 3.37. The summed E-state index contributed by atoms with van der Waals surface area (Å²) in [5.41, 5.74) is -2.27. The highest BCUT2D eigenvalue weighted by Gasteiger charge is 2.37. The number of rotatable bonds is 12. The molecule has 5 amide bonds. The minimum Gasteiger partial charge on any atom is -0.746 e. The molecule has 258 valence electrons. The summed E-state index contributed by atoms with van der Waals surface area (Å²) in [7, 11) is -5.24. The van der Waals surface area contributed by atoms with Gasteiger partial charge in [0, 0.05) is 38.1 Å². The smallest absolute Gasteiger partial charge is 0.410 e. The highest BCUT2D eigenvalue weighted by atomic mass is 32.2. The van der Waals surface area contributed by atoms with Gasteiger partial charge in [0.15, 0.2) is 5.44 Å². The molecule has 0 bridgehead atoms. The van der Waals surface area contributed by atoms with Crippen molar-refractivity contribution in [1.82, 2.24) is 25.8 Å². The first kappa shape index (κ1) is 37.0. The maximum atomic E-state index is 13.9. The number of nitrogens with one attached hydrogen (secondary N) is 3. The van der Waals surface area contributed by atoms with Crippen molar-refractivity contribution >= 4 is 34.1 Å². The van der Waals surface area contributed by atoms with Gasteiger partial charge >= 0.3 is 12.1 Å². The molecule has 2 aliphatic heterocycles. The van der Waals surface area contributed by atoms with Crippen molar-refractivity contribution in [3.63, 3.8) is 0 Å². The zero-order valence-electron chi connectivity index (χ0n) is 27.2. The lowest BCUT2D eigenvalue weighted by molar-refractivity contribution is -0.126. The highest BCUT2D eigenvalue weighted by Crippen LogP contribution is 2.23. The lowest BCUT2D eigenvalue weighted by Crippen LogP contribution is -2.58. The Bertz CT molecular complexity index is 1310. The third-order valence-electron chi connectivity index (χ3n) is 8.00. The summed E-state index contributed by atoms with van der Waals surface area (Å²) < 4.78 is 40.7. The first-order valence-corrected chi connectivity index (χ1v) is 17.2. The summed E-state index contributed by atoms with van der Waals surface area (Å²) in [4.78, 5) is 55.5. The Morgan fingerprint density at radius 1 is 1.11 bits per heavy atom. The number of aliphatic hydroxyl groups excluding tert-OH is 1. The minimum atomic E-state index is -5.24. The Hall–Kier alpha value is -3.43. The van der Waals surface area contributed by atoms with Crippen LogP contribution in [0.4, 0.5) is 9.59 Å². The average molecular weight is 667 g/mol. The number of carbonyl (C=O) groups is 4. The highest BCUT2D eigenvalue weighted by molar-refractivity contribution is 7.86. The lowest BCUT2D eigenvalue weighted by Gasteiger charge is -2.39. The molecule has 1 unspecified atom stereocenters. The third kappa shape index (κ3) is 11.1. The second kappa shape index (κ2) is 15.9. The predicted molar refractivity (Wildman–Crippen MR) is 168 cm³/mol. The molecule has 0 aromatic heterocycles. The molecule has 2 fully saturated rings. The molecule has 2 aliphatic rings. The Kier molecular flexibility index (Phi) is 12.8. The molecule has 14 nitrogen and oxygen atoms in total.